The van der Waals surface area contributed by atoms with Crippen molar-refractivity contribution in [2.45, 2.75) is 13.1 Å². The molecule has 1 heterocycles. The molecule has 0 unspecified atom stereocenters. The Kier molecular flexibility index (Phi) is 4.11. The number of nitrogens with zero attached hydrogens (tertiary/aromatic N) is 4. The zero-order valence-corrected chi connectivity index (χ0v) is 11.1. The molecule has 2 rings (SSSR count). The number of rotatable bonds is 5. The number of hydrogen-bond donors (Lipinski definition) is 0. The number of hydrogen-bond acceptors (Lipinski definition) is 3. The lowest BCUT2D eigenvalue weighted by molar-refractivity contribution is 0.302. The van der Waals surface area contributed by atoms with E-state index in [-0.39, 0.29) is 11.5 Å². The van der Waals surface area contributed by atoms with E-state index in [9.17, 15) is 9.18 Å². The van der Waals surface area contributed by atoms with Gasteiger partial charge in [0.2, 0.25) is 0 Å². The summed E-state index contributed by atoms with van der Waals surface area (Å²) < 4.78 is 15.7. The van der Waals surface area contributed by atoms with E-state index >= 15 is 0 Å². The van der Waals surface area contributed by atoms with Crippen molar-refractivity contribution in [3.8, 4) is 0 Å². The van der Waals surface area contributed by atoms with Crippen LogP contribution in [0.15, 0.2) is 35.4 Å². The summed E-state index contributed by atoms with van der Waals surface area (Å²) in [6, 6.07) is 6.43. The zero-order chi connectivity index (χ0) is 13.8. The van der Waals surface area contributed by atoms with Crippen LogP contribution in [0.5, 0.6) is 0 Å². The minimum Gasteiger partial charge on any atom is -0.300 e. The molecule has 0 fully saturated rings. The molecule has 0 aliphatic carbocycles. The Hall–Kier alpha value is -1.95. The van der Waals surface area contributed by atoms with E-state index in [1.807, 2.05) is 7.05 Å². The van der Waals surface area contributed by atoms with Crippen molar-refractivity contribution in [1.29, 1.82) is 0 Å². The summed E-state index contributed by atoms with van der Waals surface area (Å²) in [6.07, 6.45) is 1.50. The van der Waals surface area contributed by atoms with Gasteiger partial charge in [-0.15, -0.1) is 0 Å². The van der Waals surface area contributed by atoms with Gasteiger partial charge in [-0.25, -0.2) is 13.9 Å². The van der Waals surface area contributed by atoms with E-state index < -0.39 is 0 Å². The first-order chi connectivity index (χ1) is 9.06. The topological polar surface area (TPSA) is 43.1 Å². The predicted octanol–water partition coefficient (Wildman–Crippen LogP) is 0.853. The molecular weight excluding hydrogens is 247 g/mol. The molecular formula is C13H17FN4O. The lowest BCUT2D eigenvalue weighted by Gasteiger charge is -2.16. The molecule has 0 spiro atoms. The highest BCUT2D eigenvalue weighted by molar-refractivity contribution is 5.15. The number of benzene rings is 1. The van der Waals surface area contributed by atoms with Crippen LogP contribution in [0.1, 0.15) is 5.56 Å². The van der Waals surface area contributed by atoms with Gasteiger partial charge < -0.3 is 4.90 Å². The Morgan fingerprint density at radius 3 is 2.58 bits per heavy atom. The molecule has 1 aromatic carbocycles. The summed E-state index contributed by atoms with van der Waals surface area (Å²) >= 11 is 0. The van der Waals surface area contributed by atoms with Crippen molar-refractivity contribution < 1.29 is 4.39 Å². The fraction of sp³-hybridized carbons (Fsp3) is 0.385. The van der Waals surface area contributed by atoms with Crippen molar-refractivity contribution in [3.63, 3.8) is 0 Å². The van der Waals surface area contributed by atoms with Crippen molar-refractivity contribution in [1.82, 2.24) is 19.2 Å². The average molecular weight is 264 g/mol. The maximum absolute atomic E-state index is 12.8. The standard InChI is InChI=1S/C13H17FN4O/c1-16(9-11-3-5-12(14)6-4-11)7-8-18-13(19)17(2)10-15-18/h3-6,10H,7-9H2,1-2H3. The molecule has 0 aliphatic rings. The maximum Gasteiger partial charge on any atom is 0.345 e. The Bertz CT molecular complexity index is 587. The van der Waals surface area contributed by atoms with E-state index in [4.69, 9.17) is 0 Å². The summed E-state index contributed by atoms with van der Waals surface area (Å²) in [5.41, 5.74) is 0.924. The first-order valence-corrected chi connectivity index (χ1v) is 6.07. The average Bonchev–Trinajstić information content (AvgIpc) is 2.70. The van der Waals surface area contributed by atoms with Gasteiger partial charge in [0, 0.05) is 20.1 Å². The van der Waals surface area contributed by atoms with Gasteiger partial charge in [-0.05, 0) is 24.7 Å². The second-order valence-electron chi connectivity index (χ2n) is 4.61. The Morgan fingerprint density at radius 2 is 2.00 bits per heavy atom. The molecule has 1 aromatic heterocycles. The highest BCUT2D eigenvalue weighted by Gasteiger charge is 2.04. The van der Waals surface area contributed by atoms with Crippen LogP contribution in [0.25, 0.3) is 0 Å². The van der Waals surface area contributed by atoms with E-state index in [1.165, 1.54) is 27.7 Å². The van der Waals surface area contributed by atoms with Gasteiger partial charge in [-0.3, -0.25) is 4.57 Å². The molecule has 102 valence electrons. The van der Waals surface area contributed by atoms with Crippen LogP contribution >= 0.6 is 0 Å². The highest BCUT2D eigenvalue weighted by atomic mass is 19.1. The minimum atomic E-state index is -0.230. The molecule has 6 heteroatoms. The van der Waals surface area contributed by atoms with Crippen LogP contribution in [0.3, 0.4) is 0 Å². The molecule has 5 nitrogen and oxygen atoms in total. The number of aryl methyl sites for hydroxylation is 1. The van der Waals surface area contributed by atoms with Gasteiger partial charge in [0.05, 0.1) is 6.54 Å². The van der Waals surface area contributed by atoms with Crippen LogP contribution < -0.4 is 5.69 Å². The molecule has 19 heavy (non-hydrogen) atoms. The molecule has 0 radical (unpaired) electrons. The first-order valence-electron chi connectivity index (χ1n) is 6.07. The Morgan fingerprint density at radius 1 is 1.32 bits per heavy atom. The predicted molar refractivity (Wildman–Crippen MR) is 70.2 cm³/mol. The van der Waals surface area contributed by atoms with Crippen molar-refractivity contribution in [2.75, 3.05) is 13.6 Å². The number of aromatic nitrogens is 3. The first kappa shape index (κ1) is 13.5. The molecule has 0 saturated heterocycles. The fourth-order valence-corrected chi connectivity index (χ4v) is 1.82. The van der Waals surface area contributed by atoms with Crippen LogP contribution in [-0.2, 0) is 20.1 Å². The van der Waals surface area contributed by atoms with Crippen molar-refractivity contribution >= 4 is 0 Å². The van der Waals surface area contributed by atoms with E-state index in [2.05, 4.69) is 10.00 Å². The van der Waals surface area contributed by atoms with E-state index in [0.29, 0.717) is 19.6 Å². The van der Waals surface area contributed by atoms with Gasteiger partial charge in [-0.1, -0.05) is 12.1 Å². The second kappa shape index (κ2) is 5.79. The van der Waals surface area contributed by atoms with Gasteiger partial charge in [-0.2, -0.15) is 5.10 Å². The minimum absolute atomic E-state index is 0.116. The molecule has 0 aliphatic heterocycles. The highest BCUT2D eigenvalue weighted by Crippen LogP contribution is 2.05. The van der Waals surface area contributed by atoms with E-state index in [0.717, 1.165) is 5.56 Å². The molecule has 2 aromatic rings. The molecule has 0 amide bonds. The second-order valence-corrected chi connectivity index (χ2v) is 4.61. The van der Waals surface area contributed by atoms with Crippen molar-refractivity contribution in [3.05, 3.63) is 52.5 Å². The largest absolute Gasteiger partial charge is 0.345 e. The summed E-state index contributed by atoms with van der Waals surface area (Å²) in [6.45, 7) is 1.95. The van der Waals surface area contributed by atoms with Crippen LogP contribution in [-0.4, -0.2) is 32.8 Å². The van der Waals surface area contributed by atoms with Crippen LogP contribution in [0.4, 0.5) is 4.39 Å². The smallest absolute Gasteiger partial charge is 0.300 e. The SMILES string of the molecule is CN(CCn1ncn(C)c1=O)Cc1ccc(F)cc1. The van der Waals surface area contributed by atoms with Gasteiger partial charge in [0.1, 0.15) is 12.1 Å². The van der Waals surface area contributed by atoms with Gasteiger partial charge >= 0.3 is 5.69 Å². The summed E-state index contributed by atoms with van der Waals surface area (Å²) in [7, 11) is 3.63. The lowest BCUT2D eigenvalue weighted by Crippen LogP contribution is -2.29. The summed E-state index contributed by atoms with van der Waals surface area (Å²) in [5, 5.41) is 4.00. The maximum atomic E-state index is 12.8. The fourth-order valence-electron chi connectivity index (χ4n) is 1.82. The quantitative estimate of drug-likeness (QED) is 0.804. The third kappa shape index (κ3) is 3.51. The van der Waals surface area contributed by atoms with Gasteiger partial charge in [0.25, 0.3) is 0 Å². The molecule has 0 saturated carbocycles. The third-order valence-corrected chi connectivity index (χ3v) is 2.95. The summed E-state index contributed by atoms with van der Waals surface area (Å²) in [5.74, 6) is -0.230. The van der Waals surface area contributed by atoms with Gasteiger partial charge in [0.15, 0.2) is 0 Å². The molecule has 0 N–H and O–H groups in total. The van der Waals surface area contributed by atoms with Crippen molar-refractivity contribution in [2.24, 2.45) is 7.05 Å². The number of likely N-dealkylation sites (N-methyl/N-ethyl adjacent to an activating group) is 1. The molecule has 0 bridgehead atoms. The van der Waals surface area contributed by atoms with E-state index in [1.54, 1.807) is 19.2 Å². The monoisotopic (exact) mass is 264 g/mol. The zero-order valence-electron chi connectivity index (χ0n) is 11.1. The normalized spacial score (nSPS) is 11.2. The lowest BCUT2D eigenvalue weighted by atomic mass is 10.2. The Balaban J connectivity index is 1.88. The van der Waals surface area contributed by atoms with Crippen LogP contribution in [0.2, 0.25) is 0 Å². The molecule has 0 atom stereocenters. The number of halogens is 1. The third-order valence-electron chi connectivity index (χ3n) is 2.95. The van der Waals surface area contributed by atoms with Crippen LogP contribution in [0, 0.1) is 5.82 Å². The Labute approximate surface area is 110 Å². The summed E-state index contributed by atoms with van der Waals surface area (Å²) in [4.78, 5) is 13.6.